The Morgan fingerprint density at radius 1 is 1.26 bits per heavy atom. The molecule has 0 aromatic heterocycles. The smallest absolute Gasteiger partial charge is 0.193 e. The van der Waals surface area contributed by atoms with E-state index in [0.717, 1.165) is 37.6 Å². The van der Waals surface area contributed by atoms with Crippen LogP contribution in [0.15, 0.2) is 29.3 Å². The van der Waals surface area contributed by atoms with E-state index in [0.29, 0.717) is 12.0 Å². The van der Waals surface area contributed by atoms with Gasteiger partial charge in [-0.15, -0.1) is 0 Å². The molecular weight excluding hydrogens is 290 g/mol. The standard InChI is InChI=1S/C17H27N5O/c1-13(2)23-16-5-3-14(4-6-16)20-17(18)19-11-15-12-21-7-9-22(15)10-8-21/h3-6,13,15H,7-12H2,1-2H3,(H3,18,19,20). The minimum atomic E-state index is 0.178. The Hall–Kier alpha value is -1.79. The molecule has 3 aliphatic rings. The van der Waals surface area contributed by atoms with E-state index in [4.69, 9.17) is 10.5 Å². The van der Waals surface area contributed by atoms with Crippen LogP contribution in [0, 0.1) is 0 Å². The van der Waals surface area contributed by atoms with Gasteiger partial charge in [-0.05, 0) is 38.1 Å². The second kappa shape index (κ2) is 7.19. The normalized spacial score (nSPS) is 27.3. The minimum absolute atomic E-state index is 0.178. The van der Waals surface area contributed by atoms with E-state index in [1.807, 2.05) is 38.1 Å². The summed E-state index contributed by atoms with van der Waals surface area (Å²) < 4.78 is 5.63. The average molecular weight is 317 g/mol. The first-order chi connectivity index (χ1) is 11.1. The first-order valence-corrected chi connectivity index (χ1v) is 8.40. The zero-order chi connectivity index (χ0) is 16.2. The lowest BCUT2D eigenvalue weighted by Gasteiger charge is -2.47. The largest absolute Gasteiger partial charge is 0.491 e. The van der Waals surface area contributed by atoms with Crippen molar-refractivity contribution in [2.75, 3.05) is 44.6 Å². The van der Waals surface area contributed by atoms with Gasteiger partial charge in [0.05, 0.1) is 12.6 Å². The molecule has 6 nitrogen and oxygen atoms in total. The van der Waals surface area contributed by atoms with E-state index in [9.17, 15) is 0 Å². The van der Waals surface area contributed by atoms with Gasteiger partial charge in [0.25, 0.3) is 0 Å². The summed E-state index contributed by atoms with van der Waals surface area (Å²) in [7, 11) is 0. The van der Waals surface area contributed by atoms with Crippen LogP contribution in [0.1, 0.15) is 13.8 Å². The van der Waals surface area contributed by atoms with Crippen molar-refractivity contribution in [1.29, 1.82) is 0 Å². The van der Waals surface area contributed by atoms with Gasteiger partial charge in [0.2, 0.25) is 0 Å². The number of piperazine rings is 3. The summed E-state index contributed by atoms with van der Waals surface area (Å²) in [5.74, 6) is 1.33. The number of rotatable bonds is 5. The predicted molar refractivity (Wildman–Crippen MR) is 94.1 cm³/mol. The van der Waals surface area contributed by atoms with Crippen molar-refractivity contribution in [2.24, 2.45) is 10.7 Å². The molecule has 0 aliphatic carbocycles. The van der Waals surface area contributed by atoms with Gasteiger partial charge in [-0.1, -0.05) is 0 Å². The monoisotopic (exact) mass is 317 g/mol. The average Bonchev–Trinajstić information content (AvgIpc) is 2.55. The fourth-order valence-corrected chi connectivity index (χ4v) is 3.18. The van der Waals surface area contributed by atoms with Crippen LogP contribution in [0.2, 0.25) is 0 Å². The molecule has 3 N–H and O–H groups in total. The highest BCUT2D eigenvalue weighted by Gasteiger charge is 2.31. The zero-order valence-electron chi connectivity index (χ0n) is 14.0. The van der Waals surface area contributed by atoms with Crippen LogP contribution in [0.4, 0.5) is 5.69 Å². The number of nitrogens with zero attached hydrogens (tertiary/aromatic N) is 3. The highest BCUT2D eigenvalue weighted by Crippen LogP contribution is 2.17. The van der Waals surface area contributed by atoms with Gasteiger partial charge in [-0.25, -0.2) is 0 Å². The van der Waals surface area contributed by atoms with Crippen molar-refractivity contribution in [1.82, 2.24) is 9.80 Å². The van der Waals surface area contributed by atoms with Crippen LogP contribution in [0.25, 0.3) is 0 Å². The second-order valence-electron chi connectivity index (χ2n) is 6.53. The fourth-order valence-electron chi connectivity index (χ4n) is 3.18. The van der Waals surface area contributed by atoms with Crippen LogP contribution in [-0.4, -0.2) is 67.2 Å². The van der Waals surface area contributed by atoms with Gasteiger partial charge in [-0.3, -0.25) is 14.8 Å². The highest BCUT2D eigenvalue weighted by molar-refractivity contribution is 5.92. The third-order valence-corrected chi connectivity index (χ3v) is 4.36. The maximum Gasteiger partial charge on any atom is 0.193 e. The number of benzene rings is 1. The van der Waals surface area contributed by atoms with Crippen LogP contribution < -0.4 is 15.8 Å². The topological polar surface area (TPSA) is 66.1 Å². The molecule has 6 heteroatoms. The van der Waals surface area contributed by atoms with Crippen LogP contribution >= 0.6 is 0 Å². The van der Waals surface area contributed by atoms with Crippen molar-refractivity contribution in [3.05, 3.63) is 24.3 Å². The molecule has 4 rings (SSSR count). The number of hydrogen-bond acceptors (Lipinski definition) is 4. The van der Waals surface area contributed by atoms with Gasteiger partial charge < -0.3 is 15.8 Å². The number of nitrogens with one attached hydrogen (secondary N) is 1. The Morgan fingerprint density at radius 3 is 2.52 bits per heavy atom. The number of nitrogens with two attached hydrogens (primary N) is 1. The van der Waals surface area contributed by atoms with Crippen LogP contribution in [0.3, 0.4) is 0 Å². The van der Waals surface area contributed by atoms with Crippen molar-refractivity contribution < 1.29 is 4.74 Å². The quantitative estimate of drug-likeness (QED) is 0.631. The number of fused-ring (bicyclic) bond motifs is 3. The van der Waals surface area contributed by atoms with E-state index >= 15 is 0 Å². The van der Waals surface area contributed by atoms with Gasteiger partial charge in [-0.2, -0.15) is 0 Å². The van der Waals surface area contributed by atoms with E-state index in [2.05, 4.69) is 20.1 Å². The van der Waals surface area contributed by atoms with Crippen LogP contribution in [-0.2, 0) is 0 Å². The second-order valence-corrected chi connectivity index (χ2v) is 6.53. The molecule has 0 saturated carbocycles. The molecule has 3 fully saturated rings. The SMILES string of the molecule is CC(C)Oc1ccc(NC(N)=NCC2CN3CCN2CC3)cc1. The molecule has 0 radical (unpaired) electrons. The molecule has 1 aromatic rings. The summed E-state index contributed by atoms with van der Waals surface area (Å²) in [5, 5.41) is 3.15. The molecule has 23 heavy (non-hydrogen) atoms. The number of guanidine groups is 1. The molecule has 3 aliphatic heterocycles. The van der Waals surface area contributed by atoms with Crippen LogP contribution in [0.5, 0.6) is 5.75 Å². The van der Waals surface area contributed by atoms with Gasteiger partial charge in [0.15, 0.2) is 5.96 Å². The van der Waals surface area contributed by atoms with Gasteiger partial charge in [0, 0.05) is 44.5 Å². The summed E-state index contributed by atoms with van der Waals surface area (Å²) >= 11 is 0. The number of anilines is 1. The summed E-state index contributed by atoms with van der Waals surface area (Å²) in [4.78, 5) is 9.55. The Kier molecular flexibility index (Phi) is 5.03. The van der Waals surface area contributed by atoms with E-state index in [1.54, 1.807) is 0 Å². The van der Waals surface area contributed by atoms with Crippen molar-refractivity contribution in [3.63, 3.8) is 0 Å². The first kappa shape index (κ1) is 16.1. The molecule has 0 spiro atoms. The Morgan fingerprint density at radius 2 is 1.96 bits per heavy atom. The molecule has 2 bridgehead atoms. The highest BCUT2D eigenvalue weighted by atomic mass is 16.5. The maximum atomic E-state index is 6.02. The number of hydrogen-bond donors (Lipinski definition) is 2. The minimum Gasteiger partial charge on any atom is -0.491 e. The first-order valence-electron chi connectivity index (χ1n) is 8.40. The predicted octanol–water partition coefficient (Wildman–Crippen LogP) is 1.20. The summed E-state index contributed by atoms with van der Waals surface area (Å²) in [6, 6.07) is 8.29. The summed E-state index contributed by atoms with van der Waals surface area (Å²) in [5.41, 5.74) is 6.94. The van der Waals surface area contributed by atoms with Crippen molar-refractivity contribution >= 4 is 11.6 Å². The third-order valence-electron chi connectivity index (χ3n) is 4.36. The molecule has 3 heterocycles. The molecule has 126 valence electrons. The van der Waals surface area contributed by atoms with Gasteiger partial charge in [0.1, 0.15) is 5.75 Å². The summed E-state index contributed by atoms with van der Waals surface area (Å²) in [6.45, 7) is 10.6. The lowest BCUT2D eigenvalue weighted by atomic mass is 10.1. The molecule has 0 amide bonds. The zero-order valence-corrected chi connectivity index (χ0v) is 14.0. The van der Waals surface area contributed by atoms with Gasteiger partial charge >= 0.3 is 0 Å². The lowest BCUT2D eigenvalue weighted by molar-refractivity contribution is 0.0174. The van der Waals surface area contributed by atoms with E-state index < -0.39 is 0 Å². The lowest BCUT2D eigenvalue weighted by Crippen LogP contribution is -2.61. The Labute approximate surface area is 138 Å². The van der Waals surface area contributed by atoms with Crippen molar-refractivity contribution in [3.8, 4) is 5.75 Å². The Balaban J connectivity index is 1.51. The molecular formula is C17H27N5O. The Bertz CT molecular complexity index is 534. The molecule has 1 unspecified atom stereocenters. The summed E-state index contributed by atoms with van der Waals surface area (Å²) in [6.07, 6.45) is 0.178. The van der Waals surface area contributed by atoms with E-state index in [-0.39, 0.29) is 6.10 Å². The molecule has 1 aromatic carbocycles. The maximum absolute atomic E-state index is 6.02. The van der Waals surface area contributed by atoms with E-state index in [1.165, 1.54) is 13.1 Å². The number of ether oxygens (including phenoxy) is 1. The molecule has 3 saturated heterocycles. The van der Waals surface area contributed by atoms with Crippen molar-refractivity contribution in [2.45, 2.75) is 26.0 Å². The molecule has 1 atom stereocenters. The third kappa shape index (κ3) is 4.36. The number of aliphatic imine (C=N–C) groups is 1. The fraction of sp³-hybridized carbons (Fsp3) is 0.588.